The lowest BCUT2D eigenvalue weighted by Crippen LogP contribution is -2.33. The van der Waals surface area contributed by atoms with Gasteiger partial charge in [0.05, 0.1) is 25.0 Å². The molecular weight excluding hydrogens is 434 g/mol. The summed E-state index contributed by atoms with van der Waals surface area (Å²) in [5.74, 6) is 0.417. The van der Waals surface area contributed by atoms with Gasteiger partial charge in [-0.1, -0.05) is 41.9 Å². The summed E-state index contributed by atoms with van der Waals surface area (Å²) < 4.78 is 7.20. The Hall–Kier alpha value is -3.16. The van der Waals surface area contributed by atoms with Gasteiger partial charge < -0.3 is 10.1 Å². The number of fused-ring (bicyclic) bond motifs is 1. The molecule has 4 rings (SSSR count). The Morgan fingerprint density at radius 1 is 1.23 bits per heavy atom. The summed E-state index contributed by atoms with van der Waals surface area (Å²) in [6.45, 7) is 1.76. The summed E-state index contributed by atoms with van der Waals surface area (Å²) in [4.78, 5) is 30.8. The fourth-order valence-corrected chi connectivity index (χ4v) is 4.55. The average molecular weight is 454 g/mol. The molecule has 2 aromatic carbocycles. The third kappa shape index (κ3) is 4.47. The highest BCUT2D eigenvalue weighted by molar-refractivity contribution is 7.22. The monoisotopic (exact) mass is 453 g/mol. The zero-order chi connectivity index (χ0) is 22.0. The Morgan fingerprint density at radius 2 is 1.97 bits per heavy atom. The van der Waals surface area contributed by atoms with Gasteiger partial charge in [0.2, 0.25) is 5.91 Å². The first-order valence-corrected chi connectivity index (χ1v) is 10.8. The minimum absolute atomic E-state index is 0.116. The third-order valence-corrected chi connectivity index (χ3v) is 6.34. The van der Waals surface area contributed by atoms with Crippen molar-refractivity contribution in [1.82, 2.24) is 14.9 Å². The van der Waals surface area contributed by atoms with Gasteiger partial charge in [-0.2, -0.15) is 0 Å². The number of ether oxygens (including phenoxy) is 1. The highest BCUT2D eigenvalue weighted by Gasteiger charge is 2.16. The van der Waals surface area contributed by atoms with Crippen LogP contribution in [0.15, 0.2) is 65.7 Å². The van der Waals surface area contributed by atoms with Gasteiger partial charge in [0.25, 0.3) is 5.56 Å². The minimum Gasteiger partial charge on any atom is -0.496 e. The van der Waals surface area contributed by atoms with Gasteiger partial charge in [-0.05, 0) is 36.8 Å². The summed E-state index contributed by atoms with van der Waals surface area (Å²) in [5, 5.41) is 3.57. The summed E-state index contributed by atoms with van der Waals surface area (Å²) in [7, 11) is 1.59. The van der Waals surface area contributed by atoms with Gasteiger partial charge in [-0.25, -0.2) is 4.98 Å². The number of halogens is 1. The SMILES string of the molecule is COc1ccccc1[C@@H](C)NC(=O)Cn1cnc2cc(-c3ccc(Cl)cc3)sc2c1=O. The molecule has 0 radical (unpaired) electrons. The van der Waals surface area contributed by atoms with Crippen molar-refractivity contribution >= 4 is 39.1 Å². The Bertz CT molecular complexity index is 1300. The van der Waals surface area contributed by atoms with E-state index in [0.29, 0.717) is 21.0 Å². The van der Waals surface area contributed by atoms with E-state index < -0.39 is 0 Å². The molecule has 158 valence electrons. The second-order valence-electron chi connectivity index (χ2n) is 7.04. The van der Waals surface area contributed by atoms with E-state index in [1.165, 1.54) is 22.2 Å². The topological polar surface area (TPSA) is 73.2 Å². The lowest BCUT2D eigenvalue weighted by Gasteiger charge is -2.17. The molecular formula is C23H20ClN3O3S. The van der Waals surface area contributed by atoms with Crippen LogP contribution in [0.5, 0.6) is 5.75 Å². The molecule has 0 aliphatic rings. The number of carbonyl (C=O) groups excluding carboxylic acids is 1. The second-order valence-corrected chi connectivity index (χ2v) is 8.53. The van der Waals surface area contributed by atoms with Crippen LogP contribution in [-0.4, -0.2) is 22.6 Å². The maximum absolute atomic E-state index is 12.9. The summed E-state index contributed by atoms with van der Waals surface area (Å²) in [6.07, 6.45) is 1.41. The first kappa shape index (κ1) is 21.1. The highest BCUT2D eigenvalue weighted by Crippen LogP contribution is 2.31. The van der Waals surface area contributed by atoms with Crippen molar-refractivity contribution in [1.29, 1.82) is 0 Å². The number of para-hydroxylation sites is 1. The number of nitrogens with zero attached hydrogens (tertiary/aromatic N) is 2. The number of methoxy groups -OCH3 is 1. The molecule has 0 bridgehead atoms. The molecule has 0 spiro atoms. The molecule has 2 aromatic heterocycles. The van der Waals surface area contributed by atoms with E-state index in [-0.39, 0.29) is 24.1 Å². The second kappa shape index (κ2) is 8.91. The molecule has 0 saturated carbocycles. The lowest BCUT2D eigenvalue weighted by molar-refractivity contribution is -0.122. The van der Waals surface area contributed by atoms with E-state index in [1.54, 1.807) is 19.2 Å². The van der Waals surface area contributed by atoms with E-state index in [9.17, 15) is 9.59 Å². The number of aromatic nitrogens is 2. The fourth-order valence-electron chi connectivity index (χ4n) is 3.36. The first-order valence-electron chi connectivity index (χ1n) is 9.63. The van der Waals surface area contributed by atoms with E-state index in [4.69, 9.17) is 16.3 Å². The Balaban J connectivity index is 1.54. The van der Waals surface area contributed by atoms with Crippen LogP contribution >= 0.6 is 22.9 Å². The molecule has 8 heteroatoms. The number of carbonyl (C=O) groups is 1. The van der Waals surface area contributed by atoms with Gasteiger partial charge >= 0.3 is 0 Å². The van der Waals surface area contributed by atoms with Crippen molar-refractivity contribution in [2.45, 2.75) is 19.5 Å². The van der Waals surface area contributed by atoms with Crippen LogP contribution in [0.1, 0.15) is 18.5 Å². The highest BCUT2D eigenvalue weighted by atomic mass is 35.5. The van der Waals surface area contributed by atoms with Crippen molar-refractivity contribution in [2.24, 2.45) is 0 Å². The van der Waals surface area contributed by atoms with Crippen LogP contribution < -0.4 is 15.6 Å². The van der Waals surface area contributed by atoms with Crippen molar-refractivity contribution in [3.8, 4) is 16.2 Å². The summed E-state index contributed by atoms with van der Waals surface area (Å²) in [6, 6.07) is 16.5. The lowest BCUT2D eigenvalue weighted by atomic mass is 10.1. The van der Waals surface area contributed by atoms with E-state index in [0.717, 1.165) is 16.0 Å². The minimum atomic E-state index is -0.281. The maximum Gasteiger partial charge on any atom is 0.271 e. The number of rotatable bonds is 6. The van der Waals surface area contributed by atoms with Gasteiger partial charge in [0.1, 0.15) is 17.0 Å². The number of hydrogen-bond donors (Lipinski definition) is 1. The number of amides is 1. The molecule has 0 aliphatic heterocycles. The van der Waals surface area contributed by atoms with Crippen LogP contribution in [0.3, 0.4) is 0 Å². The van der Waals surface area contributed by atoms with Gasteiger partial charge in [0.15, 0.2) is 0 Å². The normalized spacial score (nSPS) is 12.0. The predicted octanol–water partition coefficient (Wildman–Crippen LogP) is 4.66. The van der Waals surface area contributed by atoms with E-state index in [2.05, 4.69) is 10.3 Å². The molecule has 4 aromatic rings. The Labute approximate surface area is 188 Å². The third-order valence-electron chi connectivity index (χ3n) is 4.93. The van der Waals surface area contributed by atoms with Crippen LogP contribution in [0, 0.1) is 0 Å². The zero-order valence-electron chi connectivity index (χ0n) is 17.0. The number of hydrogen-bond acceptors (Lipinski definition) is 5. The smallest absolute Gasteiger partial charge is 0.271 e. The molecule has 6 nitrogen and oxygen atoms in total. The molecule has 1 atom stereocenters. The van der Waals surface area contributed by atoms with Crippen LogP contribution in [0.4, 0.5) is 0 Å². The van der Waals surface area contributed by atoms with Crippen molar-refractivity contribution in [2.75, 3.05) is 7.11 Å². The van der Waals surface area contributed by atoms with Crippen molar-refractivity contribution in [3.05, 3.63) is 81.9 Å². The van der Waals surface area contributed by atoms with Crippen LogP contribution in [0.25, 0.3) is 20.7 Å². The van der Waals surface area contributed by atoms with Crippen LogP contribution in [-0.2, 0) is 11.3 Å². The Kier molecular flexibility index (Phi) is 6.06. The van der Waals surface area contributed by atoms with E-state index >= 15 is 0 Å². The summed E-state index contributed by atoms with van der Waals surface area (Å²) >= 11 is 7.31. The predicted molar refractivity (Wildman–Crippen MR) is 124 cm³/mol. The number of nitrogens with one attached hydrogen (secondary N) is 1. The molecule has 0 aliphatic carbocycles. The van der Waals surface area contributed by atoms with Gasteiger partial charge in [-0.15, -0.1) is 11.3 Å². The first-order chi connectivity index (χ1) is 15.0. The fraction of sp³-hybridized carbons (Fsp3) is 0.174. The molecule has 2 heterocycles. The standard InChI is InChI=1S/C23H20ClN3O3S/c1-14(17-5-3-4-6-19(17)30-2)26-21(28)12-27-13-25-18-11-20(31-22(18)23(27)29)15-7-9-16(24)10-8-15/h3-11,13-14H,12H2,1-2H3,(H,26,28)/t14-/m1/s1. The van der Waals surface area contributed by atoms with Gasteiger partial charge in [-0.3, -0.25) is 14.2 Å². The molecule has 0 fully saturated rings. The van der Waals surface area contributed by atoms with Crippen molar-refractivity contribution in [3.63, 3.8) is 0 Å². The summed E-state index contributed by atoms with van der Waals surface area (Å²) in [5.41, 5.74) is 2.20. The molecule has 0 saturated heterocycles. The van der Waals surface area contributed by atoms with Gasteiger partial charge in [0, 0.05) is 15.5 Å². The molecule has 31 heavy (non-hydrogen) atoms. The van der Waals surface area contributed by atoms with E-state index in [1.807, 2.05) is 49.4 Å². The molecule has 1 N–H and O–H groups in total. The average Bonchev–Trinajstić information content (AvgIpc) is 3.21. The van der Waals surface area contributed by atoms with Crippen molar-refractivity contribution < 1.29 is 9.53 Å². The Morgan fingerprint density at radius 3 is 2.71 bits per heavy atom. The quantitative estimate of drug-likeness (QED) is 0.460. The number of thiophene rings is 1. The molecule has 1 amide bonds. The zero-order valence-corrected chi connectivity index (χ0v) is 18.5. The van der Waals surface area contributed by atoms with Crippen LogP contribution in [0.2, 0.25) is 5.02 Å². The number of benzene rings is 2. The maximum atomic E-state index is 12.9. The largest absolute Gasteiger partial charge is 0.496 e. The molecule has 0 unspecified atom stereocenters.